The van der Waals surface area contributed by atoms with Crippen molar-refractivity contribution in [2.45, 2.75) is 19.4 Å². The van der Waals surface area contributed by atoms with E-state index in [0.29, 0.717) is 18.6 Å². The molecule has 1 aliphatic rings. The highest BCUT2D eigenvalue weighted by atomic mass is 19.1. The first-order valence-electron chi connectivity index (χ1n) is 10.3. The number of aromatic amines is 1. The molecule has 0 radical (unpaired) electrons. The summed E-state index contributed by atoms with van der Waals surface area (Å²) in [6, 6.07) is 5.36. The fourth-order valence-corrected chi connectivity index (χ4v) is 3.55. The van der Waals surface area contributed by atoms with E-state index in [1.54, 1.807) is 12.1 Å². The summed E-state index contributed by atoms with van der Waals surface area (Å²) in [4.78, 5) is 29.6. The van der Waals surface area contributed by atoms with E-state index in [0.717, 1.165) is 24.5 Å². The van der Waals surface area contributed by atoms with Crippen LogP contribution in [0.25, 0.3) is 0 Å². The lowest BCUT2D eigenvalue weighted by molar-refractivity contribution is 0.111. The minimum atomic E-state index is -0.921. The van der Waals surface area contributed by atoms with Crippen LogP contribution in [0.15, 0.2) is 24.3 Å². The Kier molecular flexibility index (Phi) is 6.57. The zero-order chi connectivity index (χ0) is 24.2. The molecule has 178 valence electrons. The van der Waals surface area contributed by atoms with Gasteiger partial charge in [-0.1, -0.05) is 6.07 Å². The zero-order valence-electron chi connectivity index (χ0n) is 18.4. The van der Waals surface area contributed by atoms with Gasteiger partial charge in [-0.15, -0.1) is 5.10 Å². The van der Waals surface area contributed by atoms with Gasteiger partial charge in [0, 0.05) is 18.7 Å². The van der Waals surface area contributed by atoms with E-state index in [2.05, 4.69) is 20.5 Å². The van der Waals surface area contributed by atoms with Crippen LogP contribution in [0.1, 0.15) is 28.0 Å². The van der Waals surface area contributed by atoms with E-state index in [1.807, 2.05) is 0 Å². The van der Waals surface area contributed by atoms with Gasteiger partial charge in [-0.3, -0.25) is 20.1 Å². The first kappa shape index (κ1) is 23.0. The molecule has 0 atom stereocenters. The number of anilines is 2. The average molecular weight is 473 g/mol. The highest BCUT2D eigenvalue weighted by Gasteiger charge is 2.25. The van der Waals surface area contributed by atoms with Crippen LogP contribution in [0, 0.1) is 11.6 Å². The lowest BCUT2D eigenvalue weighted by atomic mass is 10.1. The van der Waals surface area contributed by atoms with E-state index in [1.165, 1.54) is 25.2 Å². The lowest BCUT2D eigenvalue weighted by Gasteiger charge is -2.28. The Balaban J connectivity index is 1.46. The van der Waals surface area contributed by atoms with Crippen LogP contribution in [0.5, 0.6) is 17.4 Å². The number of aromatic nitrogens is 3. The van der Waals surface area contributed by atoms with Gasteiger partial charge in [-0.05, 0) is 24.5 Å². The molecule has 0 bridgehead atoms. The number of carbonyl (C=O) groups excluding carboxylic acids is 2. The standard InChI is InChI=1S/C22H21F2N5O5/c1-32-15-8-16(33-2)20(24)14(19(15)23)11-34-18-9-17(27-28-18)26-22(31)29-7-3-4-12-5-6-13(10-30)25-21(12)29/h5-6,8-10H,3-4,7,11H2,1-2H3,(H2,26,27,28,31). The van der Waals surface area contributed by atoms with Crippen molar-refractivity contribution in [1.29, 1.82) is 0 Å². The summed E-state index contributed by atoms with van der Waals surface area (Å²) < 4.78 is 44.2. The number of nitrogens with zero attached hydrogens (tertiary/aromatic N) is 3. The third kappa shape index (κ3) is 4.47. The minimum Gasteiger partial charge on any atom is -0.494 e. The molecule has 3 aromatic rings. The van der Waals surface area contributed by atoms with Crippen molar-refractivity contribution in [2.24, 2.45) is 0 Å². The summed E-state index contributed by atoms with van der Waals surface area (Å²) in [5.41, 5.74) is 0.689. The molecule has 1 aliphatic heterocycles. The lowest BCUT2D eigenvalue weighted by Crippen LogP contribution is -2.39. The van der Waals surface area contributed by atoms with Gasteiger partial charge in [-0.25, -0.2) is 18.6 Å². The summed E-state index contributed by atoms with van der Waals surface area (Å²) in [6.07, 6.45) is 2.10. The van der Waals surface area contributed by atoms with Crippen LogP contribution in [0.4, 0.5) is 25.2 Å². The van der Waals surface area contributed by atoms with Crippen LogP contribution in [-0.4, -0.2) is 48.3 Å². The molecule has 0 fully saturated rings. The number of benzene rings is 1. The molecule has 12 heteroatoms. The number of carbonyl (C=O) groups is 2. The predicted molar refractivity (Wildman–Crippen MR) is 117 cm³/mol. The minimum absolute atomic E-state index is 0.00343. The van der Waals surface area contributed by atoms with Gasteiger partial charge >= 0.3 is 6.03 Å². The van der Waals surface area contributed by atoms with Crippen molar-refractivity contribution < 1.29 is 32.6 Å². The Morgan fingerprint density at radius 1 is 1.21 bits per heavy atom. The van der Waals surface area contributed by atoms with E-state index >= 15 is 0 Å². The summed E-state index contributed by atoms with van der Waals surface area (Å²) in [5.74, 6) is -1.62. The number of hydrogen-bond donors (Lipinski definition) is 2. The molecule has 0 saturated carbocycles. The molecular weight excluding hydrogens is 452 g/mol. The molecule has 0 unspecified atom stereocenters. The number of rotatable bonds is 7. The fraction of sp³-hybridized carbons (Fsp3) is 0.273. The van der Waals surface area contributed by atoms with Gasteiger partial charge in [0.05, 0.1) is 19.8 Å². The van der Waals surface area contributed by atoms with Crippen molar-refractivity contribution in [1.82, 2.24) is 15.2 Å². The molecular formula is C22H21F2N5O5. The number of aldehydes is 1. The van der Waals surface area contributed by atoms with Gasteiger partial charge in [0.1, 0.15) is 23.9 Å². The maximum Gasteiger partial charge on any atom is 0.328 e. The molecule has 4 rings (SSSR count). The normalized spacial score (nSPS) is 12.6. The number of nitrogens with one attached hydrogen (secondary N) is 2. The number of aryl methyl sites for hydroxylation is 1. The first-order valence-corrected chi connectivity index (χ1v) is 10.3. The van der Waals surface area contributed by atoms with Crippen LogP contribution in [0.3, 0.4) is 0 Å². The van der Waals surface area contributed by atoms with Crippen molar-refractivity contribution in [3.8, 4) is 17.4 Å². The molecule has 34 heavy (non-hydrogen) atoms. The summed E-state index contributed by atoms with van der Waals surface area (Å²) in [7, 11) is 2.50. The summed E-state index contributed by atoms with van der Waals surface area (Å²) >= 11 is 0. The van der Waals surface area contributed by atoms with Crippen molar-refractivity contribution in [2.75, 3.05) is 31.0 Å². The number of halogens is 2. The van der Waals surface area contributed by atoms with Crippen LogP contribution in [0.2, 0.25) is 0 Å². The van der Waals surface area contributed by atoms with Crippen LogP contribution in [-0.2, 0) is 13.0 Å². The van der Waals surface area contributed by atoms with Crippen LogP contribution < -0.4 is 24.4 Å². The summed E-state index contributed by atoms with van der Waals surface area (Å²) in [6.45, 7) is -0.0801. The van der Waals surface area contributed by atoms with E-state index in [9.17, 15) is 18.4 Å². The smallest absolute Gasteiger partial charge is 0.328 e. The quantitative estimate of drug-likeness (QED) is 0.505. The molecule has 1 aromatic carbocycles. The number of pyridine rings is 1. The number of H-pyrrole nitrogens is 1. The zero-order valence-corrected chi connectivity index (χ0v) is 18.4. The van der Waals surface area contributed by atoms with Gasteiger partial charge in [0.15, 0.2) is 29.4 Å². The number of ether oxygens (including phenoxy) is 3. The molecule has 3 heterocycles. The number of fused-ring (bicyclic) bond motifs is 1. The van der Waals surface area contributed by atoms with Crippen LogP contribution >= 0.6 is 0 Å². The van der Waals surface area contributed by atoms with Gasteiger partial charge in [0.25, 0.3) is 0 Å². The van der Waals surface area contributed by atoms with Gasteiger partial charge in [-0.2, -0.15) is 0 Å². The molecule has 2 N–H and O–H groups in total. The monoisotopic (exact) mass is 473 g/mol. The van der Waals surface area contributed by atoms with E-state index < -0.39 is 29.8 Å². The van der Waals surface area contributed by atoms with Gasteiger partial charge < -0.3 is 14.2 Å². The average Bonchev–Trinajstić information content (AvgIpc) is 3.30. The molecule has 0 aliphatic carbocycles. The van der Waals surface area contributed by atoms with E-state index in [-0.39, 0.29) is 28.9 Å². The second-order valence-electron chi connectivity index (χ2n) is 7.32. The number of urea groups is 1. The highest BCUT2D eigenvalue weighted by Crippen LogP contribution is 2.32. The number of methoxy groups -OCH3 is 2. The Bertz CT molecular complexity index is 1200. The topological polar surface area (TPSA) is 119 Å². The fourth-order valence-electron chi connectivity index (χ4n) is 3.55. The Morgan fingerprint density at radius 2 is 1.94 bits per heavy atom. The third-order valence-electron chi connectivity index (χ3n) is 5.25. The number of hydrogen-bond acceptors (Lipinski definition) is 7. The second kappa shape index (κ2) is 9.73. The Labute approximate surface area is 192 Å². The molecule has 2 amide bonds. The van der Waals surface area contributed by atoms with Crippen molar-refractivity contribution in [3.63, 3.8) is 0 Å². The maximum atomic E-state index is 14.5. The largest absolute Gasteiger partial charge is 0.494 e. The Hall–Kier alpha value is -4.22. The molecule has 0 spiro atoms. The van der Waals surface area contributed by atoms with Crippen molar-refractivity contribution >= 4 is 24.0 Å². The SMILES string of the molecule is COc1cc(OC)c(F)c(COc2cc(NC(=O)N3CCCc4ccc(C=O)nc43)[nH]n2)c1F. The predicted octanol–water partition coefficient (Wildman–Crippen LogP) is 3.48. The van der Waals surface area contributed by atoms with Gasteiger partial charge in [0.2, 0.25) is 5.88 Å². The second-order valence-corrected chi connectivity index (χ2v) is 7.32. The van der Waals surface area contributed by atoms with E-state index in [4.69, 9.17) is 14.2 Å². The maximum absolute atomic E-state index is 14.5. The Morgan fingerprint density at radius 3 is 2.62 bits per heavy atom. The summed E-state index contributed by atoms with van der Waals surface area (Å²) in [5, 5.41) is 9.12. The molecule has 2 aromatic heterocycles. The molecule has 0 saturated heterocycles. The number of amides is 2. The first-order chi connectivity index (χ1) is 16.4. The third-order valence-corrected chi connectivity index (χ3v) is 5.25. The molecule has 10 nitrogen and oxygen atoms in total. The van der Waals surface area contributed by atoms with Crippen molar-refractivity contribution in [3.05, 3.63) is 52.7 Å². The highest BCUT2D eigenvalue weighted by molar-refractivity contribution is 6.01.